The third kappa shape index (κ3) is 2.71. The first-order valence-corrected chi connectivity index (χ1v) is 8.70. The lowest BCUT2D eigenvalue weighted by atomic mass is 9.91. The highest BCUT2D eigenvalue weighted by Crippen LogP contribution is 2.44. The lowest BCUT2D eigenvalue weighted by Crippen LogP contribution is -2.45. The molecule has 2 aliphatic rings. The number of hydrogen-bond donors (Lipinski definition) is 0. The van der Waals surface area contributed by atoms with Crippen molar-refractivity contribution in [3.8, 4) is 0 Å². The molecule has 4 rings (SSSR count). The molecule has 2 bridgehead atoms. The van der Waals surface area contributed by atoms with Crippen molar-refractivity contribution in [3.05, 3.63) is 70.7 Å². The fourth-order valence-corrected chi connectivity index (χ4v) is 4.51. The minimum atomic E-state index is 0.135. The maximum Gasteiger partial charge on any atom is 0.136 e. The first kappa shape index (κ1) is 14.9. The van der Waals surface area contributed by atoms with E-state index in [1.54, 1.807) is 0 Å². The number of fused-ring (bicyclic) bond motifs is 2. The van der Waals surface area contributed by atoms with Gasteiger partial charge in [-0.3, -0.25) is 9.69 Å². The van der Waals surface area contributed by atoms with Gasteiger partial charge in [-0.25, -0.2) is 0 Å². The van der Waals surface area contributed by atoms with Gasteiger partial charge in [0, 0.05) is 29.9 Å². The summed E-state index contributed by atoms with van der Waals surface area (Å²) in [5.74, 6) is 0.416. The molecule has 2 nitrogen and oxygen atoms in total. The molecule has 0 radical (unpaired) electrons. The topological polar surface area (TPSA) is 20.3 Å². The summed E-state index contributed by atoms with van der Waals surface area (Å²) in [5, 5.41) is 0.803. The predicted octanol–water partition coefficient (Wildman–Crippen LogP) is 4.63. The number of carbonyl (C=O) groups excluding carboxylic acids is 1. The Morgan fingerprint density at radius 1 is 0.913 bits per heavy atom. The van der Waals surface area contributed by atoms with E-state index in [2.05, 4.69) is 35.2 Å². The number of piperidine rings is 1. The maximum absolute atomic E-state index is 12.0. The lowest BCUT2D eigenvalue weighted by Gasteiger charge is -2.41. The van der Waals surface area contributed by atoms with Crippen LogP contribution in [0.4, 0.5) is 0 Å². The van der Waals surface area contributed by atoms with Gasteiger partial charge in [-0.05, 0) is 30.0 Å². The molecule has 0 unspecified atom stereocenters. The number of nitrogens with zero attached hydrogens (tertiary/aromatic N) is 1. The van der Waals surface area contributed by atoms with Crippen molar-refractivity contribution in [2.24, 2.45) is 0 Å². The number of carbonyl (C=O) groups is 1. The summed E-state index contributed by atoms with van der Waals surface area (Å²) in [6.45, 7) is 0. The van der Waals surface area contributed by atoms with E-state index in [-0.39, 0.29) is 6.04 Å². The Balaban J connectivity index is 1.81. The Labute approximate surface area is 142 Å². The van der Waals surface area contributed by atoms with Crippen molar-refractivity contribution in [2.75, 3.05) is 0 Å². The first-order chi connectivity index (χ1) is 11.2. The third-order valence-corrected chi connectivity index (χ3v) is 5.56. The van der Waals surface area contributed by atoms with Gasteiger partial charge in [0.1, 0.15) is 5.78 Å². The average Bonchev–Trinajstić information content (AvgIpc) is 2.82. The van der Waals surface area contributed by atoms with Crippen LogP contribution in [-0.4, -0.2) is 22.8 Å². The van der Waals surface area contributed by atoms with Crippen molar-refractivity contribution < 1.29 is 4.79 Å². The maximum atomic E-state index is 12.0. The van der Waals surface area contributed by atoms with Crippen LogP contribution in [0.1, 0.15) is 42.9 Å². The Morgan fingerprint density at radius 3 is 2.17 bits per heavy atom. The second kappa shape index (κ2) is 6.10. The highest BCUT2D eigenvalue weighted by Gasteiger charge is 2.44. The van der Waals surface area contributed by atoms with Crippen LogP contribution in [0, 0.1) is 0 Å². The van der Waals surface area contributed by atoms with Crippen LogP contribution < -0.4 is 0 Å². The van der Waals surface area contributed by atoms with Gasteiger partial charge in [-0.2, -0.15) is 0 Å². The molecule has 2 saturated heterocycles. The van der Waals surface area contributed by atoms with Crippen LogP contribution in [0.15, 0.2) is 54.6 Å². The van der Waals surface area contributed by atoms with Crippen LogP contribution in [-0.2, 0) is 4.79 Å². The summed E-state index contributed by atoms with van der Waals surface area (Å²) in [6, 6.07) is 19.5. The molecule has 2 fully saturated rings. The monoisotopic (exact) mass is 325 g/mol. The molecule has 3 atom stereocenters. The fraction of sp³-hybridized carbons (Fsp3) is 0.350. The number of ketones is 1. The van der Waals surface area contributed by atoms with Gasteiger partial charge in [-0.15, -0.1) is 0 Å². The third-order valence-electron chi connectivity index (χ3n) is 5.22. The molecular formula is C20H20ClNO. The van der Waals surface area contributed by atoms with E-state index in [1.807, 2.05) is 24.3 Å². The molecule has 0 amide bonds. The fourth-order valence-electron chi connectivity index (χ4n) is 4.27. The van der Waals surface area contributed by atoms with Gasteiger partial charge in [0.25, 0.3) is 0 Å². The Morgan fingerprint density at radius 2 is 1.52 bits per heavy atom. The molecule has 0 N–H and O–H groups in total. The van der Waals surface area contributed by atoms with Crippen LogP contribution in [0.3, 0.4) is 0 Å². The first-order valence-electron chi connectivity index (χ1n) is 8.32. The van der Waals surface area contributed by atoms with Gasteiger partial charge in [0.2, 0.25) is 0 Å². The second-order valence-corrected chi connectivity index (χ2v) is 7.02. The molecule has 0 spiro atoms. The number of rotatable bonds is 3. The van der Waals surface area contributed by atoms with Crippen molar-refractivity contribution in [1.29, 1.82) is 0 Å². The summed E-state index contributed by atoms with van der Waals surface area (Å²) in [4.78, 5) is 14.5. The number of benzene rings is 2. The Hall–Kier alpha value is -1.64. The molecule has 2 aromatic carbocycles. The van der Waals surface area contributed by atoms with Crippen LogP contribution >= 0.6 is 11.6 Å². The quantitative estimate of drug-likeness (QED) is 0.820. The van der Waals surface area contributed by atoms with E-state index < -0.39 is 0 Å². The molecule has 0 saturated carbocycles. The average molecular weight is 326 g/mol. The highest BCUT2D eigenvalue weighted by molar-refractivity contribution is 6.31. The zero-order valence-corrected chi connectivity index (χ0v) is 13.7. The highest BCUT2D eigenvalue weighted by atomic mass is 35.5. The largest absolute Gasteiger partial charge is 0.300 e. The predicted molar refractivity (Wildman–Crippen MR) is 92.6 cm³/mol. The van der Waals surface area contributed by atoms with E-state index in [0.29, 0.717) is 30.7 Å². The molecular weight excluding hydrogens is 306 g/mol. The minimum absolute atomic E-state index is 0.135. The Bertz CT molecular complexity index is 699. The summed E-state index contributed by atoms with van der Waals surface area (Å²) < 4.78 is 0. The van der Waals surface area contributed by atoms with Crippen LogP contribution in [0.25, 0.3) is 0 Å². The normalized spacial score (nSPS) is 25.5. The molecule has 23 heavy (non-hydrogen) atoms. The standard InChI is InChI=1S/C20H20ClNO/c21-19-9-5-4-8-18(19)20(14-6-2-1-3-7-14)22-15-10-11-16(22)13-17(23)12-15/h1-9,15-16,20H,10-13H2/t15-,16+,20-/m1/s1. The number of hydrogen-bond acceptors (Lipinski definition) is 2. The van der Waals surface area contributed by atoms with Gasteiger partial charge in [0.05, 0.1) is 6.04 Å². The van der Waals surface area contributed by atoms with E-state index in [9.17, 15) is 4.79 Å². The van der Waals surface area contributed by atoms with Gasteiger partial charge in [0.15, 0.2) is 0 Å². The van der Waals surface area contributed by atoms with Crippen molar-refractivity contribution >= 4 is 17.4 Å². The molecule has 118 valence electrons. The summed E-state index contributed by atoms with van der Waals surface area (Å²) in [5.41, 5.74) is 2.40. The van der Waals surface area contributed by atoms with E-state index in [1.165, 1.54) is 5.56 Å². The van der Waals surface area contributed by atoms with Gasteiger partial charge < -0.3 is 0 Å². The zero-order chi connectivity index (χ0) is 15.8. The SMILES string of the molecule is O=C1C[C@H]2CC[C@@H](C1)N2[C@H](c1ccccc1)c1ccccc1Cl. The van der Waals surface area contributed by atoms with Crippen LogP contribution in [0.5, 0.6) is 0 Å². The second-order valence-electron chi connectivity index (χ2n) is 6.61. The molecule has 2 aliphatic heterocycles. The number of Topliss-reactive ketones (excluding diaryl/α,β-unsaturated/α-hetero) is 1. The molecule has 0 aromatic heterocycles. The lowest BCUT2D eigenvalue weighted by molar-refractivity contribution is -0.124. The zero-order valence-electron chi connectivity index (χ0n) is 13.0. The van der Waals surface area contributed by atoms with Gasteiger partial charge >= 0.3 is 0 Å². The molecule has 2 aromatic rings. The van der Waals surface area contributed by atoms with Crippen molar-refractivity contribution in [3.63, 3.8) is 0 Å². The summed E-state index contributed by atoms with van der Waals surface area (Å²) >= 11 is 6.54. The molecule has 2 heterocycles. The summed E-state index contributed by atoms with van der Waals surface area (Å²) in [7, 11) is 0. The van der Waals surface area contributed by atoms with Crippen LogP contribution in [0.2, 0.25) is 5.02 Å². The number of halogens is 1. The van der Waals surface area contributed by atoms with E-state index >= 15 is 0 Å². The smallest absolute Gasteiger partial charge is 0.136 e. The van der Waals surface area contributed by atoms with Crippen molar-refractivity contribution in [2.45, 2.75) is 43.8 Å². The van der Waals surface area contributed by atoms with E-state index in [4.69, 9.17) is 11.6 Å². The van der Waals surface area contributed by atoms with Crippen molar-refractivity contribution in [1.82, 2.24) is 4.90 Å². The Kier molecular flexibility index (Phi) is 3.96. The van der Waals surface area contributed by atoms with Gasteiger partial charge in [-0.1, -0.05) is 60.1 Å². The molecule has 0 aliphatic carbocycles. The minimum Gasteiger partial charge on any atom is -0.300 e. The van der Waals surface area contributed by atoms with E-state index in [0.717, 1.165) is 23.4 Å². The summed E-state index contributed by atoms with van der Waals surface area (Å²) in [6.07, 6.45) is 3.60. The molecule has 3 heteroatoms.